The molecule has 0 saturated carbocycles. The minimum atomic E-state index is -1.56. The van der Waals surface area contributed by atoms with Gasteiger partial charge in [-0.05, 0) is 25.1 Å². The molecule has 0 aromatic rings. The van der Waals surface area contributed by atoms with Crippen LogP contribution in [0.25, 0.3) is 0 Å². The summed E-state index contributed by atoms with van der Waals surface area (Å²) in [6, 6.07) is 0. The lowest BCUT2D eigenvalue weighted by Crippen LogP contribution is -2.38. The van der Waals surface area contributed by atoms with Gasteiger partial charge in [0.25, 0.3) is 0 Å². The van der Waals surface area contributed by atoms with Crippen LogP contribution in [0.15, 0.2) is 11.3 Å². The Morgan fingerprint density at radius 1 is 1.33 bits per heavy atom. The number of hydrogen-bond donors (Lipinski definition) is 1. The molecule has 0 rings (SSSR count). The molecule has 0 saturated heterocycles. The van der Waals surface area contributed by atoms with Crippen LogP contribution in [-0.4, -0.2) is 25.1 Å². The summed E-state index contributed by atoms with van der Waals surface area (Å²) < 4.78 is 0. The van der Waals surface area contributed by atoms with E-state index in [4.69, 9.17) is 0 Å². The van der Waals surface area contributed by atoms with Gasteiger partial charge >= 0.3 is 0 Å². The molecule has 1 N–H and O–H groups in total. The number of aldehydes is 1. The van der Waals surface area contributed by atoms with E-state index in [1.54, 1.807) is 13.8 Å². The van der Waals surface area contributed by atoms with Crippen LogP contribution in [0.3, 0.4) is 0 Å². The summed E-state index contributed by atoms with van der Waals surface area (Å²) in [5.74, 6) is 0. The summed E-state index contributed by atoms with van der Waals surface area (Å²) in [6.45, 7) is 9.78. The molecule has 0 aromatic heterocycles. The van der Waals surface area contributed by atoms with Gasteiger partial charge in [0.2, 0.25) is 0 Å². The Morgan fingerprint density at radius 2 is 1.75 bits per heavy atom. The molecule has 0 spiro atoms. The Morgan fingerprint density at radius 3 is 1.83 bits per heavy atom. The number of allylic oxidation sites excluding steroid dienone is 1. The zero-order chi connectivity index (χ0) is 9.99. The largest absolute Gasteiger partial charge is 0.386 e. The molecule has 0 radical (unpaired) electrons. The molecule has 0 aromatic carbocycles. The van der Waals surface area contributed by atoms with E-state index in [1.165, 1.54) is 6.08 Å². The predicted octanol–water partition coefficient (Wildman–Crippen LogP) is 1.76. The van der Waals surface area contributed by atoms with Crippen LogP contribution in [0.2, 0.25) is 19.6 Å². The lowest BCUT2D eigenvalue weighted by Gasteiger charge is -2.30. The number of carbonyl (C=O) groups is 1. The monoisotopic (exact) mass is 186 g/mol. The summed E-state index contributed by atoms with van der Waals surface area (Å²) in [4.78, 5) is 10.3. The smallest absolute Gasteiger partial charge is 0.142 e. The Bertz CT molecular complexity index is 178. The molecule has 70 valence electrons. The van der Waals surface area contributed by atoms with Gasteiger partial charge in [0.05, 0.1) is 13.7 Å². The third kappa shape index (κ3) is 3.32. The molecule has 0 amide bonds. The molecule has 0 heterocycles. The van der Waals surface area contributed by atoms with E-state index in [-0.39, 0.29) is 0 Å². The fourth-order valence-electron chi connectivity index (χ4n) is 1.44. The highest BCUT2D eigenvalue weighted by atomic mass is 28.3. The van der Waals surface area contributed by atoms with Gasteiger partial charge in [-0.2, -0.15) is 0 Å². The fraction of sp³-hybridized carbons (Fsp3) is 0.667. The average molecular weight is 186 g/mol. The Hall–Kier alpha value is -0.413. The van der Waals surface area contributed by atoms with Crippen molar-refractivity contribution >= 4 is 14.4 Å². The van der Waals surface area contributed by atoms with Crippen LogP contribution in [-0.2, 0) is 4.79 Å². The van der Waals surface area contributed by atoms with Crippen molar-refractivity contribution in [2.75, 3.05) is 0 Å². The fourth-order valence-corrected chi connectivity index (χ4v) is 3.84. The lowest BCUT2D eigenvalue weighted by molar-refractivity contribution is -0.104. The summed E-state index contributed by atoms with van der Waals surface area (Å²) in [7, 11) is -1.56. The van der Waals surface area contributed by atoms with Gasteiger partial charge in [-0.25, -0.2) is 0 Å². The van der Waals surface area contributed by atoms with Crippen molar-refractivity contribution in [2.45, 2.75) is 39.1 Å². The van der Waals surface area contributed by atoms with Crippen LogP contribution >= 0.6 is 0 Å². The first-order valence-corrected chi connectivity index (χ1v) is 7.58. The van der Waals surface area contributed by atoms with E-state index in [1.807, 2.05) is 0 Å². The predicted molar refractivity (Wildman–Crippen MR) is 53.8 cm³/mol. The number of carbonyl (C=O) groups excluding carboxylic acids is 1. The highest BCUT2D eigenvalue weighted by Gasteiger charge is 2.30. The minimum absolute atomic E-state index is 0.756. The molecule has 0 aliphatic carbocycles. The molecule has 0 atom stereocenters. The third-order valence-electron chi connectivity index (χ3n) is 1.70. The van der Waals surface area contributed by atoms with Crippen molar-refractivity contribution in [3.05, 3.63) is 11.3 Å². The zero-order valence-corrected chi connectivity index (χ0v) is 9.51. The summed E-state index contributed by atoms with van der Waals surface area (Å²) >= 11 is 0. The van der Waals surface area contributed by atoms with Gasteiger partial charge in [-0.3, -0.25) is 4.79 Å². The Balaban J connectivity index is 4.95. The first kappa shape index (κ1) is 11.6. The van der Waals surface area contributed by atoms with E-state index in [0.29, 0.717) is 0 Å². The Labute approximate surface area is 75.3 Å². The zero-order valence-electron chi connectivity index (χ0n) is 8.51. The summed E-state index contributed by atoms with van der Waals surface area (Å²) in [6.07, 6.45) is 2.26. The van der Waals surface area contributed by atoms with Gasteiger partial charge in [-0.15, -0.1) is 0 Å². The van der Waals surface area contributed by atoms with Gasteiger partial charge in [0.15, 0.2) is 0 Å². The minimum Gasteiger partial charge on any atom is -0.386 e. The van der Waals surface area contributed by atoms with Crippen LogP contribution < -0.4 is 0 Å². The average Bonchev–Trinajstić information content (AvgIpc) is 1.77. The van der Waals surface area contributed by atoms with Gasteiger partial charge in [0, 0.05) is 0 Å². The molecule has 0 aliphatic heterocycles. The lowest BCUT2D eigenvalue weighted by atomic mass is 10.1. The van der Waals surface area contributed by atoms with Crippen molar-refractivity contribution in [3.8, 4) is 0 Å². The molecule has 0 fully saturated rings. The van der Waals surface area contributed by atoms with E-state index in [0.717, 1.165) is 11.5 Å². The molecule has 3 heteroatoms. The molecular weight excluding hydrogens is 168 g/mol. The van der Waals surface area contributed by atoms with Crippen molar-refractivity contribution in [1.82, 2.24) is 0 Å². The van der Waals surface area contributed by atoms with Crippen molar-refractivity contribution < 1.29 is 9.90 Å². The van der Waals surface area contributed by atoms with Crippen LogP contribution in [0.4, 0.5) is 0 Å². The number of rotatable bonds is 3. The van der Waals surface area contributed by atoms with Crippen LogP contribution in [0, 0.1) is 0 Å². The maximum atomic E-state index is 10.3. The van der Waals surface area contributed by atoms with Crippen molar-refractivity contribution in [2.24, 2.45) is 0 Å². The SMILES string of the molecule is CC(C)(O)/C(=C/C=O)[Si](C)(C)C. The normalized spacial score (nSPS) is 14.7. The maximum Gasteiger partial charge on any atom is 0.142 e. The molecule has 2 nitrogen and oxygen atoms in total. The summed E-state index contributed by atoms with van der Waals surface area (Å²) in [5, 5.41) is 10.6. The van der Waals surface area contributed by atoms with E-state index >= 15 is 0 Å². The van der Waals surface area contributed by atoms with Gasteiger partial charge in [0.1, 0.15) is 6.29 Å². The second-order valence-electron chi connectivity index (χ2n) is 4.53. The third-order valence-corrected chi connectivity index (χ3v) is 4.10. The number of hydrogen-bond acceptors (Lipinski definition) is 2. The van der Waals surface area contributed by atoms with E-state index < -0.39 is 13.7 Å². The maximum absolute atomic E-state index is 10.3. The molecule has 0 bridgehead atoms. The molecule has 0 unspecified atom stereocenters. The van der Waals surface area contributed by atoms with Gasteiger partial charge in [-0.1, -0.05) is 19.6 Å². The second kappa shape index (κ2) is 3.54. The second-order valence-corrected chi connectivity index (χ2v) is 9.56. The molecule has 0 aliphatic rings. The highest BCUT2D eigenvalue weighted by molar-refractivity contribution is 6.83. The summed E-state index contributed by atoms with van der Waals surface area (Å²) in [5.41, 5.74) is -0.856. The van der Waals surface area contributed by atoms with Crippen molar-refractivity contribution in [1.29, 1.82) is 0 Å². The van der Waals surface area contributed by atoms with E-state index in [9.17, 15) is 9.90 Å². The Kier molecular flexibility index (Phi) is 3.41. The van der Waals surface area contributed by atoms with E-state index in [2.05, 4.69) is 19.6 Å². The van der Waals surface area contributed by atoms with Crippen LogP contribution in [0.5, 0.6) is 0 Å². The van der Waals surface area contributed by atoms with Gasteiger partial charge < -0.3 is 5.11 Å². The number of aliphatic hydroxyl groups is 1. The van der Waals surface area contributed by atoms with Crippen LogP contribution in [0.1, 0.15) is 13.8 Å². The molecule has 12 heavy (non-hydrogen) atoms. The first-order valence-electron chi connectivity index (χ1n) is 4.08. The highest BCUT2D eigenvalue weighted by Crippen LogP contribution is 2.25. The van der Waals surface area contributed by atoms with Crippen molar-refractivity contribution in [3.63, 3.8) is 0 Å². The quantitative estimate of drug-likeness (QED) is 0.414. The standard InChI is InChI=1S/C9H18O2Si/c1-9(2,11)8(6-7-10)12(3,4)5/h6-7,11H,1-5H3/b8-6-. The topological polar surface area (TPSA) is 37.3 Å². The molecular formula is C9H18O2Si. The first-order chi connectivity index (χ1) is 5.19.